The zero-order chi connectivity index (χ0) is 107. The van der Waals surface area contributed by atoms with Gasteiger partial charge in [0.2, 0.25) is 5.60 Å². The molecule has 41 heteroatoms. The molecule has 2 N–H and O–H groups in total. The summed E-state index contributed by atoms with van der Waals surface area (Å²) in [5, 5.41) is 14.6. The number of ether oxygens (including phenoxy) is 7. The van der Waals surface area contributed by atoms with Gasteiger partial charge in [-0.25, -0.2) is 42.1 Å². The van der Waals surface area contributed by atoms with Gasteiger partial charge in [0, 0.05) is 122 Å². The molecule has 2 aliphatic rings. The number of fused-ring (bicyclic) bond motifs is 2. The van der Waals surface area contributed by atoms with E-state index in [2.05, 4.69) is 12.2 Å². The first-order valence-corrected chi connectivity index (χ1v) is 53.6. The third-order valence-electron chi connectivity index (χ3n) is 19.8. The molecular weight excluding hydrogens is 2090 g/mol. The lowest BCUT2D eigenvalue weighted by Crippen LogP contribution is -2.44. The summed E-state index contributed by atoms with van der Waals surface area (Å²) in [6.07, 6.45) is 0.00950. The summed E-state index contributed by atoms with van der Waals surface area (Å²) in [7, 11) is -8.02. The number of methoxy groups -OCH3 is 4. The third-order valence-corrected chi connectivity index (χ3v) is 30.2. The van der Waals surface area contributed by atoms with E-state index in [0.29, 0.717) is 76.2 Å². The number of nitrogens with zero attached hydrogens (tertiary/aromatic N) is 4. The number of carbonyl (C=O) groups is 7. The summed E-state index contributed by atoms with van der Waals surface area (Å²) in [5.41, 5.74) is 2.22. The summed E-state index contributed by atoms with van der Waals surface area (Å²) < 4.78 is 168. The van der Waals surface area contributed by atoms with Crippen molar-refractivity contribution in [1.82, 2.24) is 0 Å². The Kier molecular flexibility index (Phi) is 49.3. The number of benzene rings is 10. The maximum Gasteiger partial charge on any atom is 0.313 e. The van der Waals surface area contributed by atoms with Crippen LogP contribution in [0.4, 0.5) is 28.4 Å². The van der Waals surface area contributed by atoms with E-state index in [0.717, 1.165) is 21.3 Å². The van der Waals surface area contributed by atoms with Crippen molar-refractivity contribution in [2.45, 2.75) is 236 Å². The second-order valence-corrected chi connectivity index (χ2v) is 46.9. The molecule has 0 fully saturated rings. The Morgan fingerprint density at radius 1 is 0.441 bits per heavy atom. The van der Waals surface area contributed by atoms with Crippen LogP contribution in [0, 0.1) is 13.8 Å². The Bertz CT molecular complexity index is 6660. The highest BCUT2D eigenvalue weighted by Crippen LogP contribution is 2.41. The number of carboxylic acid groups (broad SMARTS) is 1. The molecule has 0 amide bonds. The molecule has 0 radical (unpaired) electrons. The lowest BCUT2D eigenvalue weighted by molar-refractivity contribution is -0.157. The maximum absolute atomic E-state index is 13.4. The number of carboxylic acids is 1. The molecule has 10 aromatic rings. The molecule has 790 valence electrons. The van der Waals surface area contributed by atoms with E-state index in [-0.39, 0.29) is 115 Å². The van der Waals surface area contributed by atoms with E-state index in [4.69, 9.17) is 107 Å². The molecule has 0 spiro atoms. The van der Waals surface area contributed by atoms with E-state index in [9.17, 15) is 75.7 Å². The van der Waals surface area contributed by atoms with Crippen LogP contribution < -0.4 is 41.5 Å². The van der Waals surface area contributed by atoms with E-state index < -0.39 is 108 Å². The topological polar surface area (TPSA) is 400 Å². The first kappa shape index (κ1) is 128. The van der Waals surface area contributed by atoms with Gasteiger partial charge >= 0.3 is 23.9 Å². The number of carbonyl (C=O) groups excluding carboxylic acids is 6. The van der Waals surface area contributed by atoms with Gasteiger partial charge in [0.15, 0.2) is 11.6 Å². The maximum atomic E-state index is 13.4. The number of ketones is 3. The highest BCUT2D eigenvalue weighted by Gasteiger charge is 2.41. The predicted octanol–water partition coefficient (Wildman–Crippen LogP) is 23.9. The van der Waals surface area contributed by atoms with Crippen LogP contribution in [0.1, 0.15) is 184 Å². The van der Waals surface area contributed by atoms with E-state index in [1.165, 1.54) is 150 Å². The molecule has 0 bridgehead atoms. The smallest absolute Gasteiger partial charge is 0.313 e. The number of anilines is 5. The van der Waals surface area contributed by atoms with Crippen LogP contribution in [0.3, 0.4) is 0 Å². The molecule has 0 saturated carbocycles. The normalized spacial score (nSPS) is 13.8. The summed E-state index contributed by atoms with van der Waals surface area (Å²) >= 11 is 28.9. The van der Waals surface area contributed by atoms with Crippen molar-refractivity contribution in [3.63, 3.8) is 0 Å². The van der Waals surface area contributed by atoms with Crippen LogP contribution in [0.5, 0.6) is 23.0 Å². The second kappa shape index (κ2) is 56.0. The van der Waals surface area contributed by atoms with Crippen molar-refractivity contribution >= 4 is 187 Å². The fourth-order valence-corrected chi connectivity index (χ4v) is 21.9. The number of aliphatic carboxylic acids is 1. The lowest BCUT2D eigenvalue weighted by atomic mass is 9.94. The molecule has 30 nitrogen and oxygen atoms in total. The Morgan fingerprint density at radius 2 is 0.786 bits per heavy atom. The number of aryl methyl sites for hydroxylation is 1. The average Bonchev–Trinajstić information content (AvgIpc) is 0.746. The quantitative estimate of drug-likeness (QED) is 0.0151. The number of hydrogen-bond acceptors (Lipinski definition) is 25. The van der Waals surface area contributed by atoms with Crippen molar-refractivity contribution in [3.05, 3.63) is 279 Å². The highest BCUT2D eigenvalue weighted by molar-refractivity contribution is 8.13. The minimum atomic E-state index is -3.98. The zero-order valence-electron chi connectivity index (χ0n) is 81.6. The van der Waals surface area contributed by atoms with Crippen molar-refractivity contribution in [1.29, 1.82) is 0 Å². The van der Waals surface area contributed by atoms with Gasteiger partial charge in [-0.1, -0.05) is 111 Å². The molecule has 2 heterocycles. The molecule has 2 aliphatic heterocycles. The van der Waals surface area contributed by atoms with Gasteiger partial charge in [0.25, 0.3) is 49.1 Å². The van der Waals surface area contributed by atoms with Crippen molar-refractivity contribution in [2.75, 3.05) is 51.0 Å². The van der Waals surface area contributed by atoms with Crippen molar-refractivity contribution in [3.8, 4) is 23.0 Å². The molecule has 0 aromatic heterocycles. The number of nitrogens with one attached hydrogen (secondary N) is 1. The fourth-order valence-electron chi connectivity index (χ4n) is 13.9. The number of halogens is 6. The fraction of sp³-hybridized carbons (Fsp3) is 0.346. The predicted molar refractivity (Wildman–Crippen MR) is 575 cm³/mol. The molecule has 5 atom stereocenters. The van der Waals surface area contributed by atoms with Gasteiger partial charge in [-0.15, -0.1) is 0 Å². The Balaban J connectivity index is 0.000000442. The minimum absolute atomic E-state index is 0. The van der Waals surface area contributed by atoms with Crippen LogP contribution in [-0.2, 0) is 87.3 Å². The van der Waals surface area contributed by atoms with E-state index in [1.807, 2.05) is 44.2 Å². The number of rotatable bonds is 28. The molecule has 5 unspecified atom stereocenters. The standard InChI is InChI=1S/C21H26ClNO5S.C17H18ClNO5S.C17H16ClNO4S.C17H16ClNO3S.C15H22NO3.C8H14O3.C6H4Cl2O2S.3CH4/c1-15(13-20(24)28-21(2,3)4)23(17-7-6-8-18(14-17)27-5)29(25,26)19-11-9-16(22)10-12-19;1-12(10-17(20)21)19(14-4-3-5-15(11-14)24-2)25(22,23)16-8-6-13(18)7-9-16;1-11-9-17(20)15-8-5-13(23-2)10-16(15)19(11)24(21,22)14-6-3-12(18)4-7-14;1-11-4-3-5-15-17(11)16(20)10-12(2)19(15)23(21,22)14-8-6-13(18)7-9-14;1-11(9-14(17)19-15(2,3)4)16-12-7-6-8-13(10-12)18-5;1-6(9)5-7(10)11-8(2,3)4;7-5-1-3-6(4-2-5)11(8,9)10;;;/h6-12,14-15H,13H2,1-5H3;3-9,11-12H,10H2,1-2H3,(H,20,21);3-8,10-11H,9H2,1-2H3;3-9,12H,10H2,1-2H3;6-8,10-11,16H,2,9H2,1,3-5H3;5H2,1-4H3;1-4H;3*1H4/q;;;;+1;;;;;. The Morgan fingerprint density at radius 3 is 1.17 bits per heavy atom. The SMILES string of the molecule is C.C.C.CC(=O)CC(=O)OC(C)(C)C.COc1ccc2c(c1)N(S(=O)(=O)c1ccc(Cl)cc1)C(C)CC2=O.COc1cccc(N(C(C)CC(=O)O)S(=O)(=O)c2ccc(Cl)cc2)c1.COc1cccc(N(C(C)CC(=O)OC(C)(C)C)S(=O)(=O)c2ccc(Cl)cc2)c1.Cc1cccc2c1C(=O)CC(C)N2S(=O)(=O)c1ccc(Cl)cc1.O=S(=O)(Cl)c1ccc(Cl)cc1.[CH2+]C(C)(C)OC(=O)CC(C)Nc1cccc(OC)c1. The van der Waals surface area contributed by atoms with Gasteiger partial charge in [-0.3, -0.25) is 50.8 Å². The highest BCUT2D eigenvalue weighted by atomic mass is 35.7. The average molecular weight is 2220 g/mol. The summed E-state index contributed by atoms with van der Waals surface area (Å²) in [5.74, 6) is -0.316. The molecule has 145 heavy (non-hydrogen) atoms. The molecule has 10 aromatic carbocycles. The van der Waals surface area contributed by atoms with Crippen LogP contribution >= 0.6 is 68.7 Å². The lowest BCUT2D eigenvalue weighted by Gasteiger charge is -2.35. The molecule has 0 saturated heterocycles. The number of Topliss-reactive ketones (excluding diaryl/α,β-unsaturated/α-hetero) is 3. The largest absolute Gasteiger partial charge is 0.497 e. The first-order valence-electron chi connectivity index (χ1n) is 43.6. The third kappa shape index (κ3) is 39.1. The van der Waals surface area contributed by atoms with Crippen molar-refractivity contribution < 1.29 is 114 Å². The van der Waals surface area contributed by atoms with Gasteiger partial charge in [0.1, 0.15) is 53.3 Å². The minimum Gasteiger partial charge on any atom is -0.497 e. The van der Waals surface area contributed by atoms with Gasteiger partial charge in [0.05, 0.1) is 107 Å². The van der Waals surface area contributed by atoms with E-state index in [1.54, 1.807) is 181 Å². The summed E-state index contributed by atoms with van der Waals surface area (Å²) in [6, 6.07) is 57.7. The van der Waals surface area contributed by atoms with Gasteiger partial charge in [-0.05, 0) is 271 Å². The number of esters is 3. The zero-order valence-corrected chi connectivity index (χ0v) is 90.2. The van der Waals surface area contributed by atoms with Gasteiger partial charge < -0.3 is 43.6 Å². The van der Waals surface area contributed by atoms with Crippen LogP contribution in [-0.4, -0.2) is 164 Å². The summed E-state index contributed by atoms with van der Waals surface area (Å²) in [6.45, 7) is 29.6. The number of hydrogen-bond donors (Lipinski definition) is 2. The molecule has 0 aliphatic carbocycles. The van der Waals surface area contributed by atoms with E-state index >= 15 is 0 Å². The number of sulfonamides is 4. The van der Waals surface area contributed by atoms with Gasteiger partial charge in [-0.2, -0.15) is 0 Å². The monoisotopic (exact) mass is 2220 g/mol. The van der Waals surface area contributed by atoms with Crippen LogP contribution in [0.25, 0.3) is 0 Å². The summed E-state index contributed by atoms with van der Waals surface area (Å²) in [4.78, 5) is 81.4. The molecular formula is C104H128Cl6N5O25S5+. The Labute approximate surface area is 883 Å². The molecule has 12 rings (SSSR count). The first-order chi connectivity index (χ1) is 66.0. The Hall–Kier alpha value is -11.4. The van der Waals surface area contributed by atoms with Crippen molar-refractivity contribution in [2.24, 2.45) is 0 Å². The second-order valence-electron chi connectivity index (χ2n) is 34.9. The van der Waals surface area contributed by atoms with Crippen LogP contribution in [0.2, 0.25) is 25.1 Å². The van der Waals surface area contributed by atoms with Crippen LogP contribution in [0.15, 0.2) is 255 Å².